The van der Waals surface area contributed by atoms with E-state index in [9.17, 15) is 0 Å². The van der Waals surface area contributed by atoms with Crippen LogP contribution in [0.1, 0.15) is 42.3 Å². The molecule has 0 saturated carbocycles. The number of aromatic nitrogens is 2. The normalized spacial score (nSPS) is 14.5. The van der Waals surface area contributed by atoms with Gasteiger partial charge in [-0.05, 0) is 61.6 Å². The second-order valence-electron chi connectivity index (χ2n) is 8.45. The van der Waals surface area contributed by atoms with E-state index < -0.39 is 0 Å². The fraction of sp³-hybridized carbons (Fsp3) is 0.500. The largest absolute Gasteiger partial charge is 0.378 e. The van der Waals surface area contributed by atoms with Gasteiger partial charge in [0.05, 0.1) is 30.9 Å². The van der Waals surface area contributed by atoms with Gasteiger partial charge in [0.2, 0.25) is 0 Å². The van der Waals surface area contributed by atoms with E-state index >= 15 is 0 Å². The highest BCUT2D eigenvalue weighted by atomic mass is 16.5. The van der Waals surface area contributed by atoms with Crippen molar-refractivity contribution in [3.63, 3.8) is 0 Å². The van der Waals surface area contributed by atoms with E-state index in [2.05, 4.69) is 66.6 Å². The van der Waals surface area contributed by atoms with Gasteiger partial charge in [0.1, 0.15) is 5.82 Å². The summed E-state index contributed by atoms with van der Waals surface area (Å²) >= 11 is 0. The van der Waals surface area contributed by atoms with Gasteiger partial charge in [-0.1, -0.05) is 25.1 Å². The first-order valence-electron chi connectivity index (χ1n) is 11.6. The van der Waals surface area contributed by atoms with Crippen molar-refractivity contribution >= 4 is 16.7 Å². The van der Waals surface area contributed by atoms with Crippen molar-refractivity contribution in [1.82, 2.24) is 9.55 Å². The number of benzene rings is 2. The van der Waals surface area contributed by atoms with E-state index in [0.29, 0.717) is 6.61 Å². The van der Waals surface area contributed by atoms with Gasteiger partial charge < -0.3 is 18.9 Å². The van der Waals surface area contributed by atoms with Crippen molar-refractivity contribution in [2.75, 3.05) is 37.8 Å². The molecule has 0 spiro atoms. The molecule has 0 amide bonds. The predicted octanol–water partition coefficient (Wildman–Crippen LogP) is 5.05. The van der Waals surface area contributed by atoms with Gasteiger partial charge in [0.15, 0.2) is 0 Å². The highest BCUT2D eigenvalue weighted by Gasteiger charge is 2.15. The number of fused-ring (bicyclic) bond motifs is 1. The van der Waals surface area contributed by atoms with E-state index in [1.807, 2.05) is 0 Å². The summed E-state index contributed by atoms with van der Waals surface area (Å²) in [5.41, 5.74) is 7.61. The van der Waals surface area contributed by atoms with Gasteiger partial charge in [-0.2, -0.15) is 0 Å². The Labute approximate surface area is 186 Å². The van der Waals surface area contributed by atoms with Crippen LogP contribution in [-0.2, 0) is 29.0 Å². The lowest BCUT2D eigenvalue weighted by molar-refractivity contribution is 0.116. The van der Waals surface area contributed by atoms with Crippen molar-refractivity contribution in [2.24, 2.45) is 0 Å². The van der Waals surface area contributed by atoms with Crippen LogP contribution in [0, 0.1) is 13.8 Å². The molecule has 0 unspecified atom stereocenters. The van der Waals surface area contributed by atoms with Crippen LogP contribution in [0.5, 0.6) is 0 Å². The molecule has 0 aliphatic carbocycles. The number of anilines is 1. The summed E-state index contributed by atoms with van der Waals surface area (Å²) in [5, 5.41) is 0. The minimum absolute atomic E-state index is 0.685. The van der Waals surface area contributed by atoms with Crippen LogP contribution in [0.15, 0.2) is 36.4 Å². The zero-order valence-corrected chi connectivity index (χ0v) is 19.2. The molecular weight excluding hydrogens is 386 g/mol. The number of para-hydroxylation sites is 2. The van der Waals surface area contributed by atoms with Gasteiger partial charge in [-0.3, -0.25) is 0 Å². The van der Waals surface area contributed by atoms with E-state index in [-0.39, 0.29) is 0 Å². The summed E-state index contributed by atoms with van der Waals surface area (Å²) in [7, 11) is 0. The third-order valence-electron chi connectivity index (χ3n) is 6.23. The van der Waals surface area contributed by atoms with Crippen molar-refractivity contribution in [3.05, 3.63) is 58.9 Å². The third-order valence-corrected chi connectivity index (χ3v) is 6.23. The quantitative estimate of drug-likeness (QED) is 0.453. The molecular formula is C26H35N3O2. The summed E-state index contributed by atoms with van der Waals surface area (Å²) in [6.07, 6.45) is 3.12. The van der Waals surface area contributed by atoms with E-state index in [1.54, 1.807) is 0 Å². The van der Waals surface area contributed by atoms with Crippen molar-refractivity contribution < 1.29 is 9.47 Å². The Morgan fingerprint density at radius 2 is 1.84 bits per heavy atom. The summed E-state index contributed by atoms with van der Waals surface area (Å²) in [5.74, 6) is 1.17. The molecule has 1 aliphatic heterocycles. The van der Waals surface area contributed by atoms with Crippen LogP contribution in [-0.4, -0.2) is 42.5 Å². The van der Waals surface area contributed by atoms with Crippen LogP contribution < -0.4 is 4.90 Å². The molecule has 2 aromatic carbocycles. The Balaban J connectivity index is 1.26. The number of ether oxygens (including phenoxy) is 2. The van der Waals surface area contributed by atoms with E-state index in [0.717, 1.165) is 64.2 Å². The summed E-state index contributed by atoms with van der Waals surface area (Å²) < 4.78 is 13.9. The summed E-state index contributed by atoms with van der Waals surface area (Å²) in [6.45, 7) is 12.6. The molecule has 0 bridgehead atoms. The molecule has 0 radical (unpaired) electrons. The number of hydrogen-bond donors (Lipinski definition) is 0. The molecule has 31 heavy (non-hydrogen) atoms. The first-order chi connectivity index (χ1) is 15.2. The molecule has 2 heterocycles. The molecule has 1 aliphatic rings. The first kappa shape index (κ1) is 21.8. The lowest BCUT2D eigenvalue weighted by atomic mass is 10.0. The van der Waals surface area contributed by atoms with E-state index in [1.165, 1.54) is 33.7 Å². The van der Waals surface area contributed by atoms with Crippen LogP contribution in [0.2, 0.25) is 0 Å². The molecule has 0 N–H and O–H groups in total. The Bertz CT molecular complexity index is 1010. The highest BCUT2D eigenvalue weighted by Crippen LogP contribution is 2.26. The first-order valence-corrected chi connectivity index (χ1v) is 11.6. The SMILES string of the molecule is CCc1nc2ccccc2n1CCCCOCc1cc(C)c(N2CCOCC2)cc1C. The van der Waals surface area contributed by atoms with Crippen molar-refractivity contribution in [1.29, 1.82) is 0 Å². The molecule has 166 valence electrons. The van der Waals surface area contributed by atoms with Crippen LogP contribution >= 0.6 is 0 Å². The summed E-state index contributed by atoms with van der Waals surface area (Å²) in [6, 6.07) is 13.0. The number of imidazole rings is 1. The topological polar surface area (TPSA) is 39.5 Å². The zero-order valence-electron chi connectivity index (χ0n) is 19.2. The van der Waals surface area contributed by atoms with Gasteiger partial charge >= 0.3 is 0 Å². The maximum Gasteiger partial charge on any atom is 0.109 e. The minimum Gasteiger partial charge on any atom is -0.378 e. The number of nitrogens with zero attached hydrogens (tertiary/aromatic N) is 3. The van der Waals surface area contributed by atoms with Crippen LogP contribution in [0.4, 0.5) is 5.69 Å². The van der Waals surface area contributed by atoms with Gasteiger partial charge in [0.25, 0.3) is 0 Å². The Hall–Kier alpha value is -2.37. The summed E-state index contributed by atoms with van der Waals surface area (Å²) in [4.78, 5) is 7.20. The molecule has 5 heteroatoms. The maximum absolute atomic E-state index is 6.05. The molecule has 3 aromatic rings. The number of morpholine rings is 1. The maximum atomic E-state index is 6.05. The minimum atomic E-state index is 0.685. The predicted molar refractivity (Wildman–Crippen MR) is 127 cm³/mol. The molecule has 5 nitrogen and oxygen atoms in total. The molecule has 4 rings (SSSR count). The Morgan fingerprint density at radius 3 is 2.65 bits per heavy atom. The third kappa shape index (κ3) is 5.10. The number of hydrogen-bond acceptors (Lipinski definition) is 4. The monoisotopic (exact) mass is 421 g/mol. The van der Waals surface area contributed by atoms with Gasteiger partial charge in [-0.15, -0.1) is 0 Å². The zero-order chi connectivity index (χ0) is 21.6. The van der Waals surface area contributed by atoms with Crippen molar-refractivity contribution in [3.8, 4) is 0 Å². The number of rotatable bonds is 9. The standard InChI is InChI=1S/C26H35N3O2/c1-4-26-27-23-9-5-6-10-24(23)29(26)11-7-8-14-31-19-22-17-21(3)25(18-20(22)2)28-12-15-30-16-13-28/h5-6,9-10,17-18H,4,7-8,11-16,19H2,1-3H3. The van der Waals surface area contributed by atoms with Crippen molar-refractivity contribution in [2.45, 2.75) is 53.2 Å². The second kappa shape index (κ2) is 10.3. The van der Waals surface area contributed by atoms with Crippen LogP contribution in [0.3, 0.4) is 0 Å². The average Bonchev–Trinajstić information content (AvgIpc) is 3.16. The smallest absolute Gasteiger partial charge is 0.109 e. The molecule has 1 aromatic heterocycles. The lowest BCUT2D eigenvalue weighted by Gasteiger charge is -2.31. The van der Waals surface area contributed by atoms with Gasteiger partial charge in [-0.25, -0.2) is 4.98 Å². The molecule has 0 atom stereocenters. The number of unbranched alkanes of at least 4 members (excludes halogenated alkanes) is 1. The van der Waals surface area contributed by atoms with Gasteiger partial charge in [0, 0.05) is 38.3 Å². The van der Waals surface area contributed by atoms with E-state index in [4.69, 9.17) is 14.5 Å². The highest BCUT2D eigenvalue weighted by molar-refractivity contribution is 5.75. The Kier molecular flexibility index (Phi) is 7.25. The Morgan fingerprint density at radius 1 is 1.03 bits per heavy atom. The second-order valence-corrected chi connectivity index (χ2v) is 8.45. The van der Waals surface area contributed by atoms with Crippen LogP contribution in [0.25, 0.3) is 11.0 Å². The number of aryl methyl sites for hydroxylation is 4. The lowest BCUT2D eigenvalue weighted by Crippen LogP contribution is -2.36. The fourth-order valence-electron chi connectivity index (χ4n) is 4.46. The fourth-order valence-corrected chi connectivity index (χ4v) is 4.46. The molecule has 1 saturated heterocycles. The average molecular weight is 422 g/mol. The molecule has 1 fully saturated rings.